The van der Waals surface area contributed by atoms with Gasteiger partial charge in [-0.25, -0.2) is 13.2 Å². The van der Waals surface area contributed by atoms with Crippen LogP contribution in [0.25, 0.3) is 0 Å². The first-order chi connectivity index (χ1) is 9.77. The van der Waals surface area contributed by atoms with E-state index in [1.807, 2.05) is 6.92 Å². The molecule has 1 aliphatic heterocycles. The molecule has 0 aliphatic carbocycles. The molecule has 0 aromatic heterocycles. The third-order valence-electron chi connectivity index (χ3n) is 3.99. The molecule has 0 saturated carbocycles. The van der Waals surface area contributed by atoms with E-state index in [1.165, 1.54) is 16.4 Å². The second kappa shape index (κ2) is 6.06. The predicted molar refractivity (Wildman–Crippen MR) is 83.0 cm³/mol. The normalized spacial score (nSPS) is 19.9. The molecule has 1 heterocycles. The Morgan fingerprint density at radius 3 is 2.67 bits per heavy atom. The molecule has 1 aliphatic rings. The van der Waals surface area contributed by atoms with Crippen LogP contribution in [0.4, 0.5) is 0 Å². The molecule has 0 radical (unpaired) electrons. The Balaban J connectivity index is 2.47. The average molecular weight is 376 g/mol. The number of halogens is 1. The fourth-order valence-electron chi connectivity index (χ4n) is 2.53. The molecule has 1 aromatic rings. The van der Waals surface area contributed by atoms with Gasteiger partial charge in [-0.1, -0.05) is 29.3 Å². The minimum atomic E-state index is -3.65. The number of aromatic carboxylic acids is 1. The van der Waals surface area contributed by atoms with E-state index in [-0.39, 0.29) is 10.5 Å². The van der Waals surface area contributed by atoms with Crippen LogP contribution in [-0.2, 0) is 10.0 Å². The molecule has 0 amide bonds. The molecular formula is C14H18BrNO4S. The molecule has 1 aromatic carbocycles. The highest BCUT2D eigenvalue weighted by Crippen LogP contribution is 2.31. The summed E-state index contributed by atoms with van der Waals surface area (Å²) in [5.74, 6) is -0.758. The van der Waals surface area contributed by atoms with Crippen molar-refractivity contribution < 1.29 is 18.3 Å². The second-order valence-electron chi connectivity index (χ2n) is 5.31. The number of sulfonamides is 1. The molecule has 1 unspecified atom stereocenters. The quantitative estimate of drug-likeness (QED) is 0.877. The van der Waals surface area contributed by atoms with Crippen LogP contribution in [0.2, 0.25) is 0 Å². The molecule has 21 heavy (non-hydrogen) atoms. The van der Waals surface area contributed by atoms with Gasteiger partial charge in [0.2, 0.25) is 10.0 Å². The molecule has 1 N–H and O–H groups in total. The van der Waals surface area contributed by atoms with Crippen molar-refractivity contribution in [3.63, 3.8) is 0 Å². The highest BCUT2D eigenvalue weighted by Gasteiger charge is 2.33. The molecule has 1 atom stereocenters. The summed E-state index contributed by atoms with van der Waals surface area (Å²) < 4.78 is 27.5. The Kier molecular flexibility index (Phi) is 4.75. The first-order valence-corrected chi connectivity index (χ1v) is 9.04. The van der Waals surface area contributed by atoms with Crippen LogP contribution in [0.1, 0.15) is 35.7 Å². The average Bonchev–Trinajstić information content (AvgIpc) is 2.90. The van der Waals surface area contributed by atoms with Gasteiger partial charge in [0.15, 0.2) is 0 Å². The fraction of sp³-hybridized carbons (Fsp3) is 0.500. The Morgan fingerprint density at radius 2 is 2.14 bits per heavy atom. The van der Waals surface area contributed by atoms with Gasteiger partial charge in [0, 0.05) is 17.6 Å². The van der Waals surface area contributed by atoms with E-state index in [0.29, 0.717) is 29.0 Å². The number of carbonyl (C=O) groups is 1. The van der Waals surface area contributed by atoms with Crippen molar-refractivity contribution in [3.8, 4) is 0 Å². The van der Waals surface area contributed by atoms with E-state index in [2.05, 4.69) is 15.9 Å². The van der Waals surface area contributed by atoms with Crippen LogP contribution in [0.3, 0.4) is 0 Å². The van der Waals surface area contributed by atoms with E-state index in [1.54, 1.807) is 6.92 Å². The zero-order valence-electron chi connectivity index (χ0n) is 12.0. The number of carboxylic acid groups (broad SMARTS) is 1. The lowest BCUT2D eigenvalue weighted by molar-refractivity contribution is 0.0696. The van der Waals surface area contributed by atoms with Crippen LogP contribution in [0, 0.1) is 12.8 Å². The summed E-state index contributed by atoms with van der Waals surface area (Å²) in [5, 5.41) is 9.11. The van der Waals surface area contributed by atoms with Crippen LogP contribution in [0.15, 0.2) is 21.5 Å². The lowest BCUT2D eigenvalue weighted by Gasteiger charge is -2.19. The van der Waals surface area contributed by atoms with Gasteiger partial charge in [0.25, 0.3) is 0 Å². The summed E-state index contributed by atoms with van der Waals surface area (Å²) in [6.45, 7) is 4.73. The van der Waals surface area contributed by atoms with Crippen molar-refractivity contribution >= 4 is 31.9 Å². The molecule has 5 nitrogen and oxygen atoms in total. The van der Waals surface area contributed by atoms with Crippen molar-refractivity contribution in [1.29, 1.82) is 0 Å². The van der Waals surface area contributed by atoms with Gasteiger partial charge in [0.1, 0.15) is 0 Å². The van der Waals surface area contributed by atoms with E-state index < -0.39 is 16.0 Å². The van der Waals surface area contributed by atoms with Gasteiger partial charge in [-0.2, -0.15) is 4.31 Å². The fourth-order valence-corrected chi connectivity index (χ4v) is 4.93. The van der Waals surface area contributed by atoms with Gasteiger partial charge in [-0.15, -0.1) is 0 Å². The Bertz CT molecular complexity index is 672. The number of nitrogens with zero attached hydrogens (tertiary/aromatic N) is 1. The van der Waals surface area contributed by atoms with Gasteiger partial charge < -0.3 is 5.11 Å². The monoisotopic (exact) mass is 375 g/mol. The smallest absolute Gasteiger partial charge is 0.335 e. The molecule has 0 spiro atoms. The zero-order valence-corrected chi connectivity index (χ0v) is 14.4. The van der Waals surface area contributed by atoms with E-state index in [9.17, 15) is 13.2 Å². The lowest BCUT2D eigenvalue weighted by Crippen LogP contribution is -2.29. The molecule has 0 bridgehead atoms. The van der Waals surface area contributed by atoms with Gasteiger partial charge in [0.05, 0.1) is 10.5 Å². The zero-order chi connectivity index (χ0) is 15.8. The maximum atomic E-state index is 12.8. The van der Waals surface area contributed by atoms with Crippen molar-refractivity contribution in [3.05, 3.63) is 27.7 Å². The number of carboxylic acids is 1. The predicted octanol–water partition coefficient (Wildman–Crippen LogP) is 2.88. The molecule has 7 heteroatoms. The number of rotatable bonds is 4. The van der Waals surface area contributed by atoms with Gasteiger partial charge >= 0.3 is 5.97 Å². The standard InChI is InChI=1S/C14H18BrNO4S/c1-3-10-4-5-16(8-10)21(19,20)13-7-11(14(17)18)6-12(15)9(13)2/h6-7,10H,3-5,8H2,1-2H3,(H,17,18). The van der Waals surface area contributed by atoms with E-state index >= 15 is 0 Å². The summed E-state index contributed by atoms with van der Waals surface area (Å²) in [5.41, 5.74) is 0.511. The highest BCUT2D eigenvalue weighted by atomic mass is 79.9. The number of benzene rings is 1. The molecule has 1 saturated heterocycles. The third-order valence-corrected chi connectivity index (χ3v) is 6.80. The Labute approximate surface area is 133 Å². The Morgan fingerprint density at radius 1 is 1.48 bits per heavy atom. The van der Waals surface area contributed by atoms with Gasteiger partial charge in [-0.3, -0.25) is 0 Å². The first kappa shape index (κ1) is 16.5. The first-order valence-electron chi connectivity index (χ1n) is 6.81. The van der Waals surface area contributed by atoms with Crippen LogP contribution in [0.5, 0.6) is 0 Å². The molecule has 116 valence electrons. The van der Waals surface area contributed by atoms with Crippen LogP contribution >= 0.6 is 15.9 Å². The van der Waals surface area contributed by atoms with Gasteiger partial charge in [-0.05, 0) is 37.0 Å². The highest BCUT2D eigenvalue weighted by molar-refractivity contribution is 9.10. The van der Waals surface area contributed by atoms with Crippen molar-refractivity contribution in [2.24, 2.45) is 5.92 Å². The second-order valence-corrected chi connectivity index (χ2v) is 8.07. The maximum absolute atomic E-state index is 12.8. The minimum Gasteiger partial charge on any atom is -0.478 e. The summed E-state index contributed by atoms with van der Waals surface area (Å²) in [7, 11) is -3.65. The third kappa shape index (κ3) is 3.14. The topological polar surface area (TPSA) is 74.7 Å². The number of hydrogen-bond acceptors (Lipinski definition) is 3. The minimum absolute atomic E-state index is 0.0303. The molecular weight excluding hydrogens is 358 g/mol. The number of hydrogen-bond donors (Lipinski definition) is 1. The van der Waals surface area contributed by atoms with Crippen molar-refractivity contribution in [1.82, 2.24) is 4.31 Å². The largest absolute Gasteiger partial charge is 0.478 e. The SMILES string of the molecule is CCC1CCN(S(=O)(=O)c2cc(C(=O)O)cc(Br)c2C)C1. The van der Waals surface area contributed by atoms with E-state index in [0.717, 1.165) is 12.8 Å². The summed E-state index contributed by atoms with van der Waals surface area (Å²) in [6.07, 6.45) is 1.80. The summed E-state index contributed by atoms with van der Waals surface area (Å²) in [4.78, 5) is 11.2. The van der Waals surface area contributed by atoms with E-state index in [4.69, 9.17) is 5.11 Å². The lowest BCUT2D eigenvalue weighted by atomic mass is 10.1. The molecule has 2 rings (SSSR count). The summed E-state index contributed by atoms with van der Waals surface area (Å²) in [6, 6.07) is 2.67. The Hall–Kier alpha value is -0.920. The maximum Gasteiger partial charge on any atom is 0.335 e. The van der Waals surface area contributed by atoms with Crippen molar-refractivity contribution in [2.45, 2.75) is 31.6 Å². The van der Waals surface area contributed by atoms with Crippen molar-refractivity contribution in [2.75, 3.05) is 13.1 Å². The van der Waals surface area contributed by atoms with Crippen LogP contribution < -0.4 is 0 Å². The molecule has 1 fully saturated rings. The van der Waals surface area contributed by atoms with Crippen LogP contribution in [-0.4, -0.2) is 36.9 Å². The summed E-state index contributed by atoms with van der Waals surface area (Å²) >= 11 is 3.25.